The minimum atomic E-state index is -0.689. The molecule has 0 radical (unpaired) electrons. The summed E-state index contributed by atoms with van der Waals surface area (Å²) in [4.78, 5) is 12.9. The molecule has 4 heteroatoms. The van der Waals surface area contributed by atoms with E-state index in [-0.39, 0.29) is 12.0 Å². The first-order valence-electron chi connectivity index (χ1n) is 7.78. The number of hydrogen-bond donors (Lipinski definition) is 1. The second-order valence-corrected chi connectivity index (χ2v) is 6.32. The van der Waals surface area contributed by atoms with Crippen LogP contribution in [0.1, 0.15) is 32.8 Å². The number of nitrogens with zero attached hydrogens (tertiary/aromatic N) is 1. The zero-order valence-electron chi connectivity index (χ0n) is 13.6. The lowest BCUT2D eigenvalue weighted by Gasteiger charge is -2.36. The molecule has 1 heterocycles. The third-order valence-electron chi connectivity index (χ3n) is 3.83. The van der Waals surface area contributed by atoms with Crippen molar-refractivity contribution in [3.63, 3.8) is 0 Å². The lowest BCUT2D eigenvalue weighted by Crippen LogP contribution is -2.49. The summed E-state index contributed by atoms with van der Waals surface area (Å²) >= 11 is 0. The molecule has 120 valence electrons. The summed E-state index contributed by atoms with van der Waals surface area (Å²) < 4.78 is 5.88. The summed E-state index contributed by atoms with van der Waals surface area (Å²) in [5, 5.41) is 8.87. The van der Waals surface area contributed by atoms with Gasteiger partial charge in [-0.2, -0.15) is 0 Å². The molecule has 0 saturated carbocycles. The summed E-state index contributed by atoms with van der Waals surface area (Å²) in [6, 6.07) is 8.08. The van der Waals surface area contributed by atoms with E-state index in [1.54, 1.807) is 0 Å². The van der Waals surface area contributed by atoms with Gasteiger partial charge in [0.25, 0.3) is 0 Å². The third kappa shape index (κ3) is 4.88. The van der Waals surface area contributed by atoms with Crippen LogP contribution >= 0.6 is 0 Å². The lowest BCUT2D eigenvalue weighted by molar-refractivity contribution is -0.147. The molecule has 1 aliphatic heterocycles. The van der Waals surface area contributed by atoms with Crippen molar-refractivity contribution < 1.29 is 14.6 Å². The van der Waals surface area contributed by atoms with E-state index in [1.807, 2.05) is 12.1 Å². The molecule has 0 amide bonds. The minimum Gasteiger partial charge on any atom is -0.490 e. The second-order valence-electron chi connectivity index (χ2n) is 6.32. The van der Waals surface area contributed by atoms with E-state index >= 15 is 0 Å². The predicted molar refractivity (Wildman–Crippen MR) is 87.0 cm³/mol. The Balaban J connectivity index is 1.78. The first-order chi connectivity index (χ1) is 10.4. The fraction of sp³-hybridized carbons (Fsp3) is 0.500. The van der Waals surface area contributed by atoms with Gasteiger partial charge in [0.05, 0.1) is 12.0 Å². The van der Waals surface area contributed by atoms with E-state index in [1.165, 1.54) is 11.1 Å². The van der Waals surface area contributed by atoms with Gasteiger partial charge in [-0.15, -0.1) is 0 Å². The van der Waals surface area contributed by atoms with Crippen LogP contribution in [-0.4, -0.2) is 35.2 Å². The van der Waals surface area contributed by atoms with Crippen LogP contribution in [-0.2, 0) is 11.3 Å². The SMILES string of the molecule is CC(C)=CCC(C)Oc1ccc(CN2CC(C(=O)O)C2)cc1. The number of carbonyl (C=O) groups is 1. The van der Waals surface area contributed by atoms with Crippen LogP contribution in [0.2, 0.25) is 0 Å². The molecule has 0 spiro atoms. The van der Waals surface area contributed by atoms with E-state index < -0.39 is 5.97 Å². The van der Waals surface area contributed by atoms with Crippen molar-refractivity contribution in [2.24, 2.45) is 5.92 Å². The molecule has 1 atom stereocenters. The van der Waals surface area contributed by atoms with Crippen molar-refractivity contribution in [2.45, 2.75) is 39.8 Å². The Hall–Kier alpha value is -1.81. The van der Waals surface area contributed by atoms with Crippen LogP contribution in [0.3, 0.4) is 0 Å². The average Bonchev–Trinajstić information content (AvgIpc) is 2.41. The van der Waals surface area contributed by atoms with Crippen LogP contribution < -0.4 is 4.74 Å². The van der Waals surface area contributed by atoms with Crippen molar-refractivity contribution in [1.82, 2.24) is 4.90 Å². The molecule has 0 aliphatic carbocycles. The van der Waals surface area contributed by atoms with Gasteiger partial charge in [0.2, 0.25) is 0 Å². The Morgan fingerprint density at radius 2 is 2.00 bits per heavy atom. The van der Waals surface area contributed by atoms with E-state index in [4.69, 9.17) is 9.84 Å². The van der Waals surface area contributed by atoms with Crippen LogP contribution in [0.4, 0.5) is 0 Å². The summed E-state index contributed by atoms with van der Waals surface area (Å²) in [5.74, 6) is -0.00527. The molecule has 22 heavy (non-hydrogen) atoms. The van der Waals surface area contributed by atoms with Gasteiger partial charge in [-0.1, -0.05) is 23.8 Å². The summed E-state index contributed by atoms with van der Waals surface area (Å²) in [6.07, 6.45) is 3.25. The van der Waals surface area contributed by atoms with Gasteiger partial charge in [-0.25, -0.2) is 0 Å². The fourth-order valence-electron chi connectivity index (χ4n) is 2.47. The molecule has 0 aromatic heterocycles. The average molecular weight is 303 g/mol. The highest BCUT2D eigenvalue weighted by Gasteiger charge is 2.32. The van der Waals surface area contributed by atoms with E-state index in [2.05, 4.69) is 43.9 Å². The summed E-state index contributed by atoms with van der Waals surface area (Å²) in [6.45, 7) is 8.34. The third-order valence-corrected chi connectivity index (χ3v) is 3.83. The number of likely N-dealkylation sites (tertiary alicyclic amines) is 1. The van der Waals surface area contributed by atoms with Crippen molar-refractivity contribution >= 4 is 5.97 Å². The molecular weight excluding hydrogens is 278 g/mol. The summed E-state index contributed by atoms with van der Waals surface area (Å²) in [5.41, 5.74) is 2.49. The number of ether oxygens (including phenoxy) is 1. The van der Waals surface area contributed by atoms with Crippen LogP contribution in [0.25, 0.3) is 0 Å². The van der Waals surface area contributed by atoms with Crippen LogP contribution in [0, 0.1) is 5.92 Å². The van der Waals surface area contributed by atoms with Crippen molar-refractivity contribution in [1.29, 1.82) is 0 Å². The molecule has 1 N–H and O–H groups in total. The minimum absolute atomic E-state index is 0.160. The molecule has 1 saturated heterocycles. The van der Waals surface area contributed by atoms with E-state index in [9.17, 15) is 4.79 Å². The highest BCUT2D eigenvalue weighted by atomic mass is 16.5. The Labute approximate surface area is 132 Å². The number of rotatable bonds is 7. The molecular formula is C18H25NO3. The largest absolute Gasteiger partial charge is 0.490 e. The standard InChI is InChI=1S/C18H25NO3/c1-13(2)4-5-14(3)22-17-8-6-15(7-9-17)10-19-11-16(12-19)18(20)21/h4,6-9,14,16H,5,10-12H2,1-3H3,(H,20,21). The molecule has 1 aromatic carbocycles. The molecule has 1 unspecified atom stereocenters. The Morgan fingerprint density at radius 1 is 1.36 bits per heavy atom. The normalized spacial score (nSPS) is 16.7. The topological polar surface area (TPSA) is 49.8 Å². The molecule has 2 rings (SSSR count). The second kappa shape index (κ2) is 7.45. The van der Waals surface area contributed by atoms with Gasteiger partial charge in [0.15, 0.2) is 0 Å². The van der Waals surface area contributed by atoms with Gasteiger partial charge in [0, 0.05) is 26.1 Å². The maximum Gasteiger partial charge on any atom is 0.309 e. The number of carboxylic acids is 1. The monoisotopic (exact) mass is 303 g/mol. The smallest absolute Gasteiger partial charge is 0.309 e. The maximum atomic E-state index is 10.8. The van der Waals surface area contributed by atoms with Gasteiger partial charge >= 0.3 is 5.97 Å². The first kappa shape index (κ1) is 16.6. The maximum absolute atomic E-state index is 10.8. The number of benzene rings is 1. The van der Waals surface area contributed by atoms with E-state index in [0.717, 1.165) is 18.7 Å². The lowest BCUT2D eigenvalue weighted by atomic mass is 10.00. The molecule has 0 bridgehead atoms. The highest BCUT2D eigenvalue weighted by molar-refractivity contribution is 5.71. The first-order valence-corrected chi connectivity index (χ1v) is 7.78. The van der Waals surface area contributed by atoms with E-state index in [0.29, 0.717) is 13.1 Å². The van der Waals surface area contributed by atoms with Gasteiger partial charge < -0.3 is 9.84 Å². The van der Waals surface area contributed by atoms with Crippen molar-refractivity contribution in [3.05, 3.63) is 41.5 Å². The summed E-state index contributed by atoms with van der Waals surface area (Å²) in [7, 11) is 0. The van der Waals surface area contributed by atoms with Crippen LogP contribution in [0.15, 0.2) is 35.9 Å². The number of carboxylic acid groups (broad SMARTS) is 1. The quantitative estimate of drug-likeness (QED) is 0.785. The number of hydrogen-bond acceptors (Lipinski definition) is 3. The predicted octanol–water partition coefficient (Wildman–Crippen LogP) is 3.33. The molecule has 1 fully saturated rings. The van der Waals surface area contributed by atoms with Gasteiger partial charge in [-0.05, 0) is 38.5 Å². The Bertz CT molecular complexity index is 526. The highest BCUT2D eigenvalue weighted by Crippen LogP contribution is 2.21. The van der Waals surface area contributed by atoms with Gasteiger partial charge in [-0.3, -0.25) is 9.69 Å². The number of allylic oxidation sites excluding steroid dienone is 1. The van der Waals surface area contributed by atoms with Crippen molar-refractivity contribution in [2.75, 3.05) is 13.1 Å². The molecule has 1 aliphatic rings. The fourth-order valence-corrected chi connectivity index (χ4v) is 2.47. The van der Waals surface area contributed by atoms with Gasteiger partial charge in [0.1, 0.15) is 5.75 Å². The Kier molecular flexibility index (Phi) is 5.61. The zero-order valence-corrected chi connectivity index (χ0v) is 13.6. The number of aliphatic carboxylic acids is 1. The molecule has 4 nitrogen and oxygen atoms in total. The Morgan fingerprint density at radius 3 is 2.55 bits per heavy atom. The molecule has 1 aromatic rings. The zero-order chi connectivity index (χ0) is 16.1. The van der Waals surface area contributed by atoms with Crippen molar-refractivity contribution in [3.8, 4) is 5.75 Å². The van der Waals surface area contributed by atoms with Crippen LogP contribution in [0.5, 0.6) is 5.75 Å².